The SMILES string of the molecule is CN(C)c1cc(-c2cccc(Cl)c2)c(O)c2c1C[C@@H]1C[C@@H]3[C@@H](N(C)C)C(=O)C(C(N)=O)=C(O)[C@]3(O)C(=O)C1=C2O. The van der Waals surface area contributed by atoms with E-state index in [4.69, 9.17) is 17.3 Å². The molecule has 2 aromatic carbocycles. The van der Waals surface area contributed by atoms with Crippen LogP contribution in [-0.4, -0.2) is 82.6 Å². The number of nitrogens with zero attached hydrogens (tertiary/aromatic N) is 2. The molecule has 210 valence electrons. The summed E-state index contributed by atoms with van der Waals surface area (Å²) in [6, 6.07) is 7.45. The van der Waals surface area contributed by atoms with Crippen molar-refractivity contribution in [1.29, 1.82) is 0 Å². The molecule has 0 heterocycles. The fourth-order valence-electron chi connectivity index (χ4n) is 6.57. The third kappa shape index (κ3) is 3.74. The first-order valence-electron chi connectivity index (χ1n) is 12.7. The van der Waals surface area contributed by atoms with Gasteiger partial charge in [0.05, 0.1) is 11.6 Å². The summed E-state index contributed by atoms with van der Waals surface area (Å²) < 4.78 is 0. The normalized spacial score (nSPS) is 26.0. The number of primary amides is 1. The van der Waals surface area contributed by atoms with Gasteiger partial charge < -0.3 is 31.1 Å². The highest BCUT2D eigenvalue weighted by Gasteiger charge is 2.64. The minimum Gasteiger partial charge on any atom is -0.508 e. The number of hydrogen-bond acceptors (Lipinski definition) is 9. The largest absolute Gasteiger partial charge is 0.508 e. The summed E-state index contributed by atoms with van der Waals surface area (Å²) in [7, 11) is 6.75. The zero-order valence-electron chi connectivity index (χ0n) is 22.4. The van der Waals surface area contributed by atoms with Gasteiger partial charge in [-0.2, -0.15) is 0 Å². The van der Waals surface area contributed by atoms with Crippen molar-refractivity contribution in [2.24, 2.45) is 17.6 Å². The summed E-state index contributed by atoms with van der Waals surface area (Å²) in [6.45, 7) is 0. The van der Waals surface area contributed by atoms with Crippen LogP contribution in [-0.2, 0) is 20.8 Å². The number of ketones is 2. The van der Waals surface area contributed by atoms with E-state index < -0.39 is 58.0 Å². The van der Waals surface area contributed by atoms with E-state index in [0.717, 1.165) is 0 Å². The van der Waals surface area contributed by atoms with E-state index in [1.807, 2.05) is 19.0 Å². The second kappa shape index (κ2) is 9.36. The van der Waals surface area contributed by atoms with Crippen LogP contribution in [0.3, 0.4) is 0 Å². The fourth-order valence-corrected chi connectivity index (χ4v) is 6.76. The zero-order chi connectivity index (χ0) is 29.4. The quantitative estimate of drug-likeness (QED) is 0.349. The van der Waals surface area contributed by atoms with Crippen molar-refractivity contribution < 1.29 is 34.8 Å². The Morgan fingerprint density at radius 2 is 1.77 bits per heavy atom. The smallest absolute Gasteiger partial charge is 0.255 e. The first kappa shape index (κ1) is 27.7. The Morgan fingerprint density at radius 1 is 1.10 bits per heavy atom. The van der Waals surface area contributed by atoms with Crippen molar-refractivity contribution >= 4 is 40.5 Å². The van der Waals surface area contributed by atoms with Gasteiger partial charge in [0.15, 0.2) is 11.4 Å². The molecule has 6 N–H and O–H groups in total. The van der Waals surface area contributed by atoms with Gasteiger partial charge in [0.2, 0.25) is 5.78 Å². The number of amides is 1. The number of benzene rings is 2. The molecule has 5 rings (SSSR count). The van der Waals surface area contributed by atoms with E-state index in [2.05, 4.69) is 0 Å². The lowest BCUT2D eigenvalue weighted by Crippen LogP contribution is -2.65. The Balaban J connectivity index is 1.78. The Kier molecular flexibility index (Phi) is 6.48. The molecule has 10 nitrogen and oxygen atoms in total. The molecule has 0 aromatic heterocycles. The standard InChI is InChI=1S/C29H30ClN3O7/c1-32(2)18-11-15(12-6-5-7-14(30)8-12)23(34)20-16(18)9-13-10-17-22(33(3)4)25(36)21(28(31)39)27(38)29(17,40)26(37)19(13)24(20)35/h5-8,11,13,17,22,34-35,38,40H,9-10H2,1-4H3,(H2,31,39)/t13-,17-,22-,29-/m1/s1. The summed E-state index contributed by atoms with van der Waals surface area (Å²) in [5.41, 5.74) is 3.89. The van der Waals surface area contributed by atoms with Crippen LogP contribution in [0.2, 0.25) is 5.02 Å². The summed E-state index contributed by atoms with van der Waals surface area (Å²) in [5.74, 6) is -6.84. The number of carbonyl (C=O) groups is 3. The average Bonchev–Trinajstić information content (AvgIpc) is 2.85. The molecule has 1 amide bonds. The Morgan fingerprint density at radius 3 is 2.35 bits per heavy atom. The number of carbonyl (C=O) groups excluding carboxylic acids is 3. The number of fused-ring (bicyclic) bond motifs is 3. The molecule has 1 fully saturated rings. The third-order valence-electron chi connectivity index (χ3n) is 8.31. The maximum absolute atomic E-state index is 14.1. The molecule has 11 heteroatoms. The van der Waals surface area contributed by atoms with Crippen LogP contribution in [0.4, 0.5) is 5.69 Å². The van der Waals surface area contributed by atoms with Gasteiger partial charge in [-0.15, -0.1) is 0 Å². The van der Waals surface area contributed by atoms with Gasteiger partial charge in [-0.1, -0.05) is 23.7 Å². The van der Waals surface area contributed by atoms with E-state index >= 15 is 0 Å². The lowest BCUT2D eigenvalue weighted by Gasteiger charge is -2.50. The van der Waals surface area contributed by atoms with Crippen molar-refractivity contribution in [3.63, 3.8) is 0 Å². The molecule has 0 spiro atoms. The first-order chi connectivity index (χ1) is 18.7. The van der Waals surface area contributed by atoms with Gasteiger partial charge in [0, 0.05) is 41.9 Å². The summed E-state index contributed by atoms with van der Waals surface area (Å²) >= 11 is 6.19. The molecular formula is C29H30ClN3O7. The van der Waals surface area contributed by atoms with Crippen LogP contribution >= 0.6 is 11.6 Å². The number of phenols is 1. The molecule has 2 aromatic rings. The van der Waals surface area contributed by atoms with Crippen molar-refractivity contribution in [1.82, 2.24) is 4.90 Å². The molecular weight excluding hydrogens is 538 g/mol. The van der Waals surface area contributed by atoms with Gasteiger partial charge >= 0.3 is 0 Å². The number of aliphatic hydroxyl groups excluding tert-OH is 2. The number of halogens is 1. The fraction of sp³-hybridized carbons (Fsp3) is 0.345. The Labute approximate surface area is 235 Å². The second-order valence-corrected chi connectivity index (χ2v) is 11.4. The van der Waals surface area contributed by atoms with E-state index in [-0.39, 0.29) is 29.7 Å². The Hall–Kier alpha value is -3.86. The molecule has 40 heavy (non-hydrogen) atoms. The van der Waals surface area contributed by atoms with Crippen molar-refractivity contribution in [3.8, 4) is 16.9 Å². The molecule has 1 saturated carbocycles. The van der Waals surface area contributed by atoms with E-state index in [9.17, 15) is 34.8 Å². The number of aliphatic hydroxyl groups is 3. The Bertz CT molecular complexity index is 1560. The lowest BCUT2D eigenvalue weighted by molar-refractivity contribution is -0.153. The van der Waals surface area contributed by atoms with Crippen LogP contribution in [0.5, 0.6) is 5.75 Å². The maximum atomic E-state index is 14.1. The van der Waals surface area contributed by atoms with Gasteiger partial charge in [-0.3, -0.25) is 19.3 Å². The number of nitrogens with two attached hydrogens (primary N) is 1. The molecule has 0 radical (unpaired) electrons. The molecule has 4 atom stereocenters. The van der Waals surface area contributed by atoms with E-state index in [1.54, 1.807) is 44.4 Å². The van der Waals surface area contributed by atoms with Crippen LogP contribution in [0.1, 0.15) is 17.5 Å². The summed E-state index contributed by atoms with van der Waals surface area (Å²) in [6.07, 6.45) is 0.223. The number of rotatable bonds is 4. The number of phenolic OH excluding ortho intramolecular Hbond substituents is 1. The number of Topliss-reactive ketones (excluding diaryl/α,β-unsaturated/α-hetero) is 2. The van der Waals surface area contributed by atoms with Gasteiger partial charge in [0.1, 0.15) is 22.8 Å². The number of anilines is 1. The summed E-state index contributed by atoms with van der Waals surface area (Å²) in [4.78, 5) is 42.8. The van der Waals surface area contributed by atoms with Crippen molar-refractivity contribution in [2.45, 2.75) is 24.5 Å². The van der Waals surface area contributed by atoms with Crippen LogP contribution in [0, 0.1) is 11.8 Å². The highest BCUT2D eigenvalue weighted by molar-refractivity contribution is 6.31. The number of hydrogen-bond donors (Lipinski definition) is 5. The molecule has 0 aliphatic heterocycles. The van der Waals surface area contributed by atoms with Crippen LogP contribution in [0.15, 0.2) is 47.2 Å². The zero-order valence-corrected chi connectivity index (χ0v) is 23.2. The number of aromatic hydroxyl groups is 1. The highest BCUT2D eigenvalue weighted by Crippen LogP contribution is 2.55. The van der Waals surface area contributed by atoms with Crippen LogP contribution in [0.25, 0.3) is 16.9 Å². The molecule has 0 unspecified atom stereocenters. The van der Waals surface area contributed by atoms with Crippen molar-refractivity contribution in [2.75, 3.05) is 33.1 Å². The van der Waals surface area contributed by atoms with Gasteiger partial charge in [-0.25, -0.2) is 0 Å². The minimum absolute atomic E-state index is 0.0233. The van der Waals surface area contributed by atoms with Crippen LogP contribution < -0.4 is 10.6 Å². The molecule has 3 aliphatic carbocycles. The predicted octanol–water partition coefficient (Wildman–Crippen LogP) is 2.35. The third-order valence-corrected chi connectivity index (χ3v) is 8.55. The van der Waals surface area contributed by atoms with Gasteiger partial charge in [-0.05, 0) is 62.2 Å². The maximum Gasteiger partial charge on any atom is 0.255 e. The molecule has 3 aliphatic rings. The van der Waals surface area contributed by atoms with Gasteiger partial charge in [0.25, 0.3) is 5.91 Å². The summed E-state index contributed by atoms with van der Waals surface area (Å²) in [5, 5.41) is 46.3. The predicted molar refractivity (Wildman–Crippen MR) is 149 cm³/mol. The second-order valence-electron chi connectivity index (χ2n) is 11.0. The van der Waals surface area contributed by atoms with E-state index in [1.165, 1.54) is 4.90 Å². The highest BCUT2D eigenvalue weighted by atomic mass is 35.5. The van der Waals surface area contributed by atoms with E-state index in [0.29, 0.717) is 27.4 Å². The molecule has 0 bridgehead atoms. The minimum atomic E-state index is -2.69. The molecule has 0 saturated heterocycles. The van der Waals surface area contributed by atoms with Crippen molar-refractivity contribution in [3.05, 3.63) is 63.4 Å². The lowest BCUT2D eigenvalue weighted by atomic mass is 9.57. The first-order valence-corrected chi connectivity index (χ1v) is 13.1. The average molecular weight is 568 g/mol. The monoisotopic (exact) mass is 567 g/mol. The number of likely N-dealkylation sites (N-methyl/N-ethyl adjacent to an activating group) is 1. The topological polar surface area (TPSA) is 165 Å².